The first-order valence-corrected chi connectivity index (χ1v) is 13.6. The average molecular weight is 564 g/mol. The van der Waals surface area contributed by atoms with Crippen molar-refractivity contribution in [3.8, 4) is 5.75 Å². The van der Waals surface area contributed by atoms with Crippen LogP contribution in [0.3, 0.4) is 0 Å². The zero-order valence-electron chi connectivity index (χ0n) is 22.3. The number of hydrogen-bond acceptors (Lipinski definition) is 9. The van der Waals surface area contributed by atoms with Crippen molar-refractivity contribution in [3.63, 3.8) is 0 Å². The molecule has 0 aliphatic rings. The number of nitrogens with one attached hydrogen (secondary N) is 1. The zero-order chi connectivity index (χ0) is 28.6. The number of amides is 1. The maximum absolute atomic E-state index is 13.5. The molecule has 0 bridgehead atoms. The van der Waals surface area contributed by atoms with Crippen LogP contribution in [0.1, 0.15) is 51.9 Å². The van der Waals surface area contributed by atoms with Gasteiger partial charge in [0, 0.05) is 5.69 Å². The molecule has 10 nitrogen and oxygen atoms in total. The minimum Gasteiger partial charge on any atom is -0.490 e. The molecule has 4 aromatic rings. The summed E-state index contributed by atoms with van der Waals surface area (Å²) in [6.07, 6.45) is 1.61. The number of anilines is 1. The monoisotopic (exact) mass is 563 g/mol. The Bertz CT molecular complexity index is 1580. The van der Waals surface area contributed by atoms with Crippen molar-refractivity contribution in [1.82, 2.24) is 9.55 Å². The smallest absolute Gasteiger partial charge is 0.348 e. The van der Waals surface area contributed by atoms with Crippen molar-refractivity contribution < 1.29 is 28.6 Å². The molecule has 1 unspecified atom stereocenters. The minimum atomic E-state index is -0.875. The van der Waals surface area contributed by atoms with E-state index >= 15 is 0 Å². The molecule has 1 N–H and O–H groups in total. The van der Waals surface area contributed by atoms with E-state index in [2.05, 4.69) is 10.3 Å². The van der Waals surface area contributed by atoms with Gasteiger partial charge in [0.05, 0.1) is 23.9 Å². The maximum Gasteiger partial charge on any atom is 0.348 e. The lowest BCUT2D eigenvalue weighted by molar-refractivity contribution is -0.119. The molecule has 1 atom stereocenters. The van der Waals surface area contributed by atoms with Crippen LogP contribution >= 0.6 is 11.3 Å². The molecule has 0 fully saturated rings. The summed E-state index contributed by atoms with van der Waals surface area (Å²) in [5.41, 5.74) is 0.697. The molecule has 11 heteroatoms. The van der Waals surface area contributed by atoms with E-state index in [1.807, 2.05) is 18.2 Å². The number of para-hydroxylation sites is 1. The van der Waals surface area contributed by atoms with Crippen LogP contribution in [0.15, 0.2) is 65.7 Å². The molecule has 0 aliphatic heterocycles. The molecule has 0 aliphatic carbocycles. The van der Waals surface area contributed by atoms with Crippen molar-refractivity contribution in [2.75, 3.05) is 25.1 Å². The number of rotatable bonds is 11. The Morgan fingerprint density at radius 3 is 2.50 bits per heavy atom. The minimum absolute atomic E-state index is 0.0362. The first-order chi connectivity index (χ1) is 19.3. The second-order valence-electron chi connectivity index (χ2n) is 8.71. The van der Waals surface area contributed by atoms with Crippen LogP contribution in [-0.4, -0.2) is 47.2 Å². The summed E-state index contributed by atoms with van der Waals surface area (Å²) in [5, 5.41) is 3.02. The van der Waals surface area contributed by atoms with Crippen LogP contribution in [-0.2, 0) is 14.3 Å². The van der Waals surface area contributed by atoms with Gasteiger partial charge in [-0.3, -0.25) is 14.2 Å². The van der Waals surface area contributed by atoms with Gasteiger partial charge in [-0.2, -0.15) is 0 Å². The Morgan fingerprint density at radius 2 is 1.77 bits per heavy atom. The topological polar surface area (TPSA) is 126 Å². The van der Waals surface area contributed by atoms with Gasteiger partial charge in [-0.15, -0.1) is 11.3 Å². The van der Waals surface area contributed by atoms with Gasteiger partial charge in [-0.25, -0.2) is 14.6 Å². The maximum atomic E-state index is 13.5. The fraction of sp³-hybridized carbons (Fsp3) is 0.276. The summed E-state index contributed by atoms with van der Waals surface area (Å²) >= 11 is 1.06. The van der Waals surface area contributed by atoms with Gasteiger partial charge in [0.25, 0.3) is 5.56 Å². The Hall–Kier alpha value is -4.51. The molecule has 40 heavy (non-hydrogen) atoms. The van der Waals surface area contributed by atoms with E-state index in [-0.39, 0.29) is 30.1 Å². The number of fused-ring (bicyclic) bond motifs is 1. The Kier molecular flexibility index (Phi) is 9.28. The normalized spacial score (nSPS) is 11.6. The van der Waals surface area contributed by atoms with Crippen LogP contribution in [0, 0.1) is 6.92 Å². The molecule has 0 saturated heterocycles. The van der Waals surface area contributed by atoms with Gasteiger partial charge < -0.3 is 19.5 Å². The lowest BCUT2D eigenvalue weighted by Crippen LogP contribution is -2.33. The SMILES string of the molecule is CCOC(=O)c1cccc(NC(=O)C(CC)n2cnc3sc(C(=O)OCCOc4ccccc4)c(C)c3c2=O)c1. The second-order valence-corrected chi connectivity index (χ2v) is 9.70. The second kappa shape index (κ2) is 13.0. The molecule has 0 spiro atoms. The predicted molar refractivity (Wildman–Crippen MR) is 151 cm³/mol. The summed E-state index contributed by atoms with van der Waals surface area (Å²) in [6, 6.07) is 14.7. The van der Waals surface area contributed by atoms with Gasteiger partial charge in [0.15, 0.2) is 0 Å². The largest absolute Gasteiger partial charge is 0.490 e. The lowest BCUT2D eigenvalue weighted by Gasteiger charge is -2.18. The molecular weight excluding hydrogens is 534 g/mol. The third-order valence-electron chi connectivity index (χ3n) is 6.06. The van der Waals surface area contributed by atoms with Crippen LogP contribution < -0.4 is 15.6 Å². The number of benzene rings is 2. The molecule has 0 radical (unpaired) electrons. The number of thiophene rings is 1. The number of ether oxygens (including phenoxy) is 3. The van der Waals surface area contributed by atoms with Crippen LogP contribution in [0.2, 0.25) is 0 Å². The zero-order valence-corrected chi connectivity index (χ0v) is 23.2. The Labute approximate surface area is 234 Å². The lowest BCUT2D eigenvalue weighted by atomic mass is 10.1. The summed E-state index contributed by atoms with van der Waals surface area (Å²) in [7, 11) is 0. The quantitative estimate of drug-likeness (QED) is 0.204. The molecule has 0 saturated carbocycles. The first kappa shape index (κ1) is 28.5. The number of aromatic nitrogens is 2. The average Bonchev–Trinajstić information content (AvgIpc) is 3.30. The van der Waals surface area contributed by atoms with E-state index in [0.29, 0.717) is 33.8 Å². The highest BCUT2D eigenvalue weighted by Gasteiger charge is 2.25. The highest BCUT2D eigenvalue weighted by Crippen LogP contribution is 2.28. The van der Waals surface area contributed by atoms with E-state index in [1.165, 1.54) is 17.0 Å². The third-order valence-corrected chi connectivity index (χ3v) is 7.24. The third kappa shape index (κ3) is 6.37. The van der Waals surface area contributed by atoms with E-state index in [1.54, 1.807) is 51.1 Å². The molecular formula is C29H29N3O7S. The van der Waals surface area contributed by atoms with E-state index in [0.717, 1.165) is 11.3 Å². The Morgan fingerprint density at radius 1 is 1.00 bits per heavy atom. The summed E-state index contributed by atoms with van der Waals surface area (Å²) in [4.78, 5) is 56.5. The first-order valence-electron chi connectivity index (χ1n) is 12.8. The fourth-order valence-corrected chi connectivity index (χ4v) is 5.14. The predicted octanol–water partition coefficient (Wildman–Crippen LogP) is 4.77. The number of aryl methyl sites for hydroxylation is 1. The van der Waals surface area contributed by atoms with Crippen LogP contribution in [0.25, 0.3) is 10.2 Å². The fourth-order valence-electron chi connectivity index (χ4n) is 4.10. The number of hydrogen-bond donors (Lipinski definition) is 1. The number of carbonyl (C=O) groups excluding carboxylic acids is 3. The molecule has 208 valence electrons. The molecule has 2 heterocycles. The van der Waals surface area contributed by atoms with Gasteiger partial charge in [0.1, 0.15) is 34.7 Å². The van der Waals surface area contributed by atoms with Crippen molar-refractivity contribution >= 4 is 45.1 Å². The molecule has 2 aromatic heterocycles. The van der Waals surface area contributed by atoms with Gasteiger partial charge in [0.2, 0.25) is 5.91 Å². The number of carbonyl (C=O) groups is 3. The highest BCUT2D eigenvalue weighted by molar-refractivity contribution is 7.20. The van der Waals surface area contributed by atoms with Crippen molar-refractivity contribution in [1.29, 1.82) is 0 Å². The van der Waals surface area contributed by atoms with Crippen LogP contribution in [0.5, 0.6) is 5.75 Å². The van der Waals surface area contributed by atoms with Crippen molar-refractivity contribution in [2.45, 2.75) is 33.2 Å². The number of nitrogens with zero attached hydrogens (tertiary/aromatic N) is 2. The van der Waals surface area contributed by atoms with E-state index in [9.17, 15) is 19.2 Å². The van der Waals surface area contributed by atoms with Gasteiger partial charge >= 0.3 is 11.9 Å². The highest BCUT2D eigenvalue weighted by atomic mass is 32.1. The summed E-state index contributed by atoms with van der Waals surface area (Å²) in [6.45, 7) is 5.59. The van der Waals surface area contributed by atoms with E-state index < -0.39 is 29.4 Å². The molecule has 1 amide bonds. The molecule has 2 aromatic carbocycles. The number of esters is 2. The van der Waals surface area contributed by atoms with Gasteiger partial charge in [-0.1, -0.05) is 31.2 Å². The van der Waals surface area contributed by atoms with Crippen LogP contribution in [0.4, 0.5) is 5.69 Å². The van der Waals surface area contributed by atoms with E-state index in [4.69, 9.17) is 14.2 Å². The van der Waals surface area contributed by atoms with Crippen molar-refractivity contribution in [3.05, 3.63) is 87.3 Å². The summed E-state index contributed by atoms with van der Waals surface area (Å²) in [5.74, 6) is -0.850. The molecule has 4 rings (SSSR count). The van der Waals surface area contributed by atoms with Crippen molar-refractivity contribution in [2.24, 2.45) is 0 Å². The Balaban J connectivity index is 1.49. The summed E-state index contributed by atoms with van der Waals surface area (Å²) < 4.78 is 17.2. The standard InChI is InChI=1S/C29H29N3O7S/c1-4-22(25(33)31-20-11-9-10-19(16-20)28(35)37-5-2)32-17-30-26-23(27(32)34)18(3)24(40-26)29(36)39-15-14-38-21-12-7-6-8-13-21/h6-13,16-17,22H,4-5,14-15H2,1-3H3,(H,31,33). The van der Waals surface area contributed by atoms with Gasteiger partial charge in [-0.05, 0) is 56.2 Å².